The highest BCUT2D eigenvalue weighted by Crippen LogP contribution is 2.21. The van der Waals surface area contributed by atoms with Gasteiger partial charge in [0.1, 0.15) is 5.60 Å². The van der Waals surface area contributed by atoms with Crippen LogP contribution in [0.15, 0.2) is 0 Å². The zero-order valence-electron chi connectivity index (χ0n) is 10.9. The fraction of sp³-hybridized carbons (Fsp3) is 0.917. The highest BCUT2D eigenvalue weighted by atomic mass is 35.5. The number of hydrogen-bond donors (Lipinski definition) is 1. The van der Waals surface area contributed by atoms with Crippen molar-refractivity contribution in [1.29, 1.82) is 0 Å². The van der Waals surface area contributed by atoms with Crippen LogP contribution in [0.2, 0.25) is 0 Å². The van der Waals surface area contributed by atoms with Gasteiger partial charge >= 0.3 is 6.09 Å². The van der Waals surface area contributed by atoms with Gasteiger partial charge in [0.15, 0.2) is 0 Å². The molecule has 2 rings (SSSR count). The summed E-state index contributed by atoms with van der Waals surface area (Å²) in [7, 11) is 0. The predicted molar refractivity (Wildman–Crippen MR) is 69.6 cm³/mol. The number of rotatable bonds is 2. The average Bonchev–Trinajstić information content (AvgIpc) is 1.93. The quantitative estimate of drug-likeness (QED) is 0.829. The molecule has 1 saturated carbocycles. The first-order valence-corrected chi connectivity index (χ1v) is 6.18. The summed E-state index contributed by atoms with van der Waals surface area (Å²) in [5.41, 5.74) is -0.385. The summed E-state index contributed by atoms with van der Waals surface area (Å²) in [6.45, 7) is 7.29. The molecular weight excluding hydrogens is 240 g/mol. The summed E-state index contributed by atoms with van der Waals surface area (Å²) in [4.78, 5) is 13.4. The molecule has 0 aromatic heterocycles. The minimum absolute atomic E-state index is 0. The van der Waals surface area contributed by atoms with E-state index in [1.807, 2.05) is 20.8 Å². The average molecular weight is 263 g/mol. The fourth-order valence-electron chi connectivity index (χ4n) is 1.97. The second kappa shape index (κ2) is 5.44. The molecular formula is C12H23ClN2O2. The first-order valence-electron chi connectivity index (χ1n) is 6.18. The number of amides is 1. The molecule has 4 nitrogen and oxygen atoms in total. The van der Waals surface area contributed by atoms with Crippen LogP contribution in [0.25, 0.3) is 0 Å². The molecule has 1 amide bonds. The van der Waals surface area contributed by atoms with E-state index < -0.39 is 0 Å². The lowest BCUT2D eigenvalue weighted by atomic mass is 9.91. The third-order valence-corrected chi connectivity index (χ3v) is 3.11. The van der Waals surface area contributed by atoms with Crippen LogP contribution in [0.4, 0.5) is 4.79 Å². The van der Waals surface area contributed by atoms with Gasteiger partial charge in [-0.25, -0.2) is 4.79 Å². The molecule has 0 radical (unpaired) electrons. The second-order valence-corrected chi connectivity index (χ2v) is 5.88. The molecule has 100 valence electrons. The van der Waals surface area contributed by atoms with Gasteiger partial charge in [-0.1, -0.05) is 6.42 Å². The summed E-state index contributed by atoms with van der Waals surface area (Å²) in [5.74, 6) is 0. The summed E-state index contributed by atoms with van der Waals surface area (Å²) in [6.07, 6.45) is 3.76. The van der Waals surface area contributed by atoms with Gasteiger partial charge in [0.25, 0.3) is 0 Å². The molecule has 5 heteroatoms. The van der Waals surface area contributed by atoms with Crippen molar-refractivity contribution in [2.75, 3.05) is 13.1 Å². The molecule has 0 spiro atoms. The molecule has 17 heavy (non-hydrogen) atoms. The maximum atomic E-state index is 11.6. The van der Waals surface area contributed by atoms with Crippen LogP contribution in [-0.2, 0) is 4.74 Å². The van der Waals surface area contributed by atoms with Crippen LogP contribution in [-0.4, -0.2) is 41.8 Å². The van der Waals surface area contributed by atoms with Crippen LogP contribution in [0.1, 0.15) is 40.0 Å². The Labute approximate surface area is 109 Å². The largest absolute Gasteiger partial charge is 0.444 e. The highest BCUT2D eigenvalue weighted by Gasteiger charge is 2.35. The minimum atomic E-state index is -0.385. The molecule has 0 atom stereocenters. The van der Waals surface area contributed by atoms with E-state index in [0.29, 0.717) is 12.1 Å². The minimum Gasteiger partial charge on any atom is -0.444 e. The van der Waals surface area contributed by atoms with E-state index in [2.05, 4.69) is 5.32 Å². The number of likely N-dealkylation sites (tertiary alicyclic amines) is 1. The Kier molecular flexibility index (Phi) is 4.67. The van der Waals surface area contributed by atoms with E-state index in [0.717, 1.165) is 13.1 Å². The zero-order chi connectivity index (χ0) is 11.8. The van der Waals surface area contributed by atoms with E-state index >= 15 is 0 Å². The van der Waals surface area contributed by atoms with E-state index in [4.69, 9.17) is 4.74 Å². The van der Waals surface area contributed by atoms with Gasteiger partial charge in [0, 0.05) is 25.2 Å². The Morgan fingerprint density at radius 1 is 1.24 bits per heavy atom. The van der Waals surface area contributed by atoms with E-state index in [1.165, 1.54) is 19.3 Å². The van der Waals surface area contributed by atoms with Gasteiger partial charge in [-0.3, -0.25) is 0 Å². The zero-order valence-corrected chi connectivity index (χ0v) is 11.7. The first-order chi connectivity index (χ1) is 7.44. The van der Waals surface area contributed by atoms with Gasteiger partial charge in [0.05, 0.1) is 0 Å². The molecule has 1 heterocycles. The Balaban J connectivity index is 0.00000144. The Morgan fingerprint density at radius 2 is 1.82 bits per heavy atom. The number of carbonyl (C=O) groups is 1. The number of nitrogens with one attached hydrogen (secondary N) is 1. The topological polar surface area (TPSA) is 41.6 Å². The number of nitrogens with zero attached hydrogens (tertiary/aromatic N) is 1. The molecule has 0 bridgehead atoms. The van der Waals surface area contributed by atoms with Crippen LogP contribution < -0.4 is 5.32 Å². The van der Waals surface area contributed by atoms with Crippen LogP contribution in [0.5, 0.6) is 0 Å². The molecule has 1 N–H and O–H groups in total. The maximum absolute atomic E-state index is 11.6. The van der Waals surface area contributed by atoms with Crippen LogP contribution in [0.3, 0.4) is 0 Å². The van der Waals surface area contributed by atoms with Crippen molar-refractivity contribution in [2.24, 2.45) is 0 Å². The molecule has 0 aromatic carbocycles. The van der Waals surface area contributed by atoms with E-state index in [9.17, 15) is 4.79 Å². The third-order valence-electron chi connectivity index (χ3n) is 3.11. The van der Waals surface area contributed by atoms with Crippen molar-refractivity contribution in [3.63, 3.8) is 0 Å². The molecule has 2 fully saturated rings. The SMILES string of the molecule is CC(C)(C)OC(=O)N1CC(NC2CCC2)C1.Cl. The van der Waals surface area contributed by atoms with Gasteiger partial charge in [0.2, 0.25) is 0 Å². The third kappa shape index (κ3) is 4.03. The monoisotopic (exact) mass is 262 g/mol. The first kappa shape index (κ1) is 14.6. The van der Waals surface area contributed by atoms with Crippen molar-refractivity contribution in [3.8, 4) is 0 Å². The molecule has 1 aliphatic heterocycles. The highest BCUT2D eigenvalue weighted by molar-refractivity contribution is 5.85. The van der Waals surface area contributed by atoms with Crippen molar-refractivity contribution in [3.05, 3.63) is 0 Å². The van der Waals surface area contributed by atoms with E-state index in [-0.39, 0.29) is 24.1 Å². The van der Waals surface area contributed by atoms with Crippen molar-refractivity contribution < 1.29 is 9.53 Å². The van der Waals surface area contributed by atoms with Crippen molar-refractivity contribution in [2.45, 2.75) is 57.7 Å². The summed E-state index contributed by atoms with van der Waals surface area (Å²) >= 11 is 0. The standard InChI is InChI=1S/C12H22N2O2.ClH/c1-12(2,3)16-11(15)14-7-10(8-14)13-9-5-4-6-9;/h9-10,13H,4-8H2,1-3H3;1H. The van der Waals surface area contributed by atoms with Gasteiger partial charge in [-0.2, -0.15) is 0 Å². The van der Waals surface area contributed by atoms with Crippen LogP contribution >= 0.6 is 12.4 Å². The summed E-state index contributed by atoms with van der Waals surface area (Å²) in [5, 5.41) is 3.55. The molecule has 1 aliphatic carbocycles. The predicted octanol–water partition coefficient (Wildman–Crippen LogP) is 2.17. The molecule has 1 saturated heterocycles. The van der Waals surface area contributed by atoms with Gasteiger partial charge in [-0.15, -0.1) is 12.4 Å². The fourth-order valence-corrected chi connectivity index (χ4v) is 1.97. The van der Waals surface area contributed by atoms with Crippen molar-refractivity contribution >= 4 is 18.5 Å². The summed E-state index contributed by atoms with van der Waals surface area (Å²) < 4.78 is 5.29. The smallest absolute Gasteiger partial charge is 0.410 e. The lowest BCUT2D eigenvalue weighted by Crippen LogP contribution is -2.63. The lowest BCUT2D eigenvalue weighted by Gasteiger charge is -2.43. The Bertz CT molecular complexity index is 268. The number of ether oxygens (including phenoxy) is 1. The lowest BCUT2D eigenvalue weighted by molar-refractivity contribution is 0.00300. The Hall–Kier alpha value is -0.480. The van der Waals surface area contributed by atoms with Gasteiger partial charge < -0.3 is 15.0 Å². The second-order valence-electron chi connectivity index (χ2n) is 5.88. The Morgan fingerprint density at radius 3 is 2.24 bits per heavy atom. The summed E-state index contributed by atoms with van der Waals surface area (Å²) in [6, 6.07) is 1.18. The van der Waals surface area contributed by atoms with Crippen LogP contribution in [0, 0.1) is 0 Å². The molecule has 0 unspecified atom stereocenters. The van der Waals surface area contributed by atoms with E-state index in [1.54, 1.807) is 4.90 Å². The number of carbonyl (C=O) groups excluding carboxylic acids is 1. The molecule has 2 aliphatic rings. The normalized spacial score (nSPS) is 21.2. The molecule has 0 aromatic rings. The number of halogens is 1. The maximum Gasteiger partial charge on any atom is 0.410 e. The van der Waals surface area contributed by atoms with Gasteiger partial charge in [-0.05, 0) is 33.6 Å². The van der Waals surface area contributed by atoms with Crippen molar-refractivity contribution in [1.82, 2.24) is 10.2 Å². The number of hydrogen-bond acceptors (Lipinski definition) is 3.